The van der Waals surface area contributed by atoms with E-state index in [1.165, 1.54) is 54.3 Å². The molecule has 1 aliphatic carbocycles. The molecule has 170 valence electrons. The van der Waals surface area contributed by atoms with Gasteiger partial charge in [0.1, 0.15) is 5.03 Å². The third-order valence-corrected chi connectivity index (χ3v) is 7.02. The van der Waals surface area contributed by atoms with Crippen molar-refractivity contribution >= 4 is 29.2 Å². The largest absolute Gasteiger partial charge is 0.368 e. The fraction of sp³-hybridized carbons (Fsp3) is 0.480. The zero-order valence-corrected chi connectivity index (χ0v) is 19.7. The molecule has 1 amide bonds. The van der Waals surface area contributed by atoms with E-state index < -0.39 is 0 Å². The molecule has 1 fully saturated rings. The standard InChI is InChI=1S/C25H33N5OS/c1-20-6-5-9-22(18-20)29-14-16-30(17-15-29)23-10-11-25(28-27-23)32-19-24(31)26-13-12-21-7-3-2-4-8-21/h5-7,9-11,18H,2-4,8,12-17,19H2,1H3,(H,26,31). The van der Waals surface area contributed by atoms with Gasteiger partial charge in [-0.2, -0.15) is 0 Å². The Hall–Kier alpha value is -2.54. The number of nitrogens with zero attached hydrogens (tertiary/aromatic N) is 4. The maximum Gasteiger partial charge on any atom is 0.230 e. The summed E-state index contributed by atoms with van der Waals surface area (Å²) in [6.45, 7) is 6.65. The smallest absolute Gasteiger partial charge is 0.230 e. The Labute approximate surface area is 195 Å². The number of carbonyl (C=O) groups excluding carboxylic acids is 1. The zero-order chi connectivity index (χ0) is 22.2. The minimum atomic E-state index is 0.0598. The number of thioether (sulfide) groups is 1. The SMILES string of the molecule is Cc1cccc(N2CCN(c3ccc(SCC(=O)NCCC4=CCCCC4)nn3)CC2)c1. The second-order valence-corrected chi connectivity index (χ2v) is 9.54. The van der Waals surface area contributed by atoms with Crippen molar-refractivity contribution in [3.8, 4) is 0 Å². The molecule has 1 N–H and O–H groups in total. The number of carbonyl (C=O) groups is 1. The summed E-state index contributed by atoms with van der Waals surface area (Å²) >= 11 is 1.44. The molecule has 0 atom stereocenters. The third kappa shape index (κ3) is 6.48. The Morgan fingerprint density at radius 1 is 1.06 bits per heavy atom. The summed E-state index contributed by atoms with van der Waals surface area (Å²) in [5.41, 5.74) is 4.07. The lowest BCUT2D eigenvalue weighted by Crippen LogP contribution is -2.46. The Kier molecular flexibility index (Phi) is 8.04. The molecule has 2 aromatic rings. The summed E-state index contributed by atoms with van der Waals surface area (Å²) in [5, 5.41) is 12.6. The fourth-order valence-corrected chi connectivity index (χ4v) is 4.91. The lowest BCUT2D eigenvalue weighted by atomic mass is 9.97. The van der Waals surface area contributed by atoms with Gasteiger partial charge in [0.05, 0.1) is 5.75 Å². The summed E-state index contributed by atoms with van der Waals surface area (Å²) in [6, 6.07) is 12.7. The van der Waals surface area contributed by atoms with Gasteiger partial charge < -0.3 is 15.1 Å². The van der Waals surface area contributed by atoms with Crippen molar-refractivity contribution in [3.63, 3.8) is 0 Å². The first-order valence-corrected chi connectivity index (χ1v) is 12.6. The first kappa shape index (κ1) is 22.6. The van der Waals surface area contributed by atoms with E-state index in [4.69, 9.17) is 0 Å². The quantitative estimate of drug-likeness (QED) is 0.479. The van der Waals surface area contributed by atoms with Gasteiger partial charge in [0.2, 0.25) is 5.91 Å². The predicted molar refractivity (Wildman–Crippen MR) is 133 cm³/mol. The number of hydrogen-bond donors (Lipinski definition) is 1. The van der Waals surface area contributed by atoms with E-state index in [0.29, 0.717) is 5.75 Å². The van der Waals surface area contributed by atoms with E-state index >= 15 is 0 Å². The van der Waals surface area contributed by atoms with Crippen LogP contribution in [-0.4, -0.2) is 54.6 Å². The van der Waals surface area contributed by atoms with Crippen molar-refractivity contribution in [2.45, 2.75) is 44.1 Å². The van der Waals surface area contributed by atoms with Gasteiger partial charge in [-0.25, -0.2) is 0 Å². The van der Waals surface area contributed by atoms with Crippen molar-refractivity contribution in [1.29, 1.82) is 0 Å². The number of nitrogens with one attached hydrogen (secondary N) is 1. The normalized spacial score (nSPS) is 16.6. The predicted octanol–water partition coefficient (Wildman–Crippen LogP) is 4.21. The summed E-state index contributed by atoms with van der Waals surface area (Å²) in [4.78, 5) is 16.8. The highest BCUT2D eigenvalue weighted by atomic mass is 32.2. The monoisotopic (exact) mass is 451 g/mol. The summed E-state index contributed by atoms with van der Waals surface area (Å²) < 4.78 is 0. The van der Waals surface area contributed by atoms with Gasteiger partial charge in [0.25, 0.3) is 0 Å². The van der Waals surface area contributed by atoms with E-state index in [9.17, 15) is 4.79 Å². The highest BCUT2D eigenvalue weighted by molar-refractivity contribution is 7.99. The number of benzene rings is 1. The van der Waals surface area contributed by atoms with Crippen LogP contribution in [0, 0.1) is 6.92 Å². The Balaban J connectivity index is 1.18. The molecule has 2 aliphatic rings. The average molecular weight is 452 g/mol. The highest BCUT2D eigenvalue weighted by Gasteiger charge is 2.19. The number of hydrogen-bond acceptors (Lipinski definition) is 6. The number of amides is 1. The number of rotatable bonds is 8. The summed E-state index contributed by atoms with van der Waals surface area (Å²) in [6.07, 6.45) is 8.28. The molecule has 0 bridgehead atoms. The molecule has 1 aliphatic heterocycles. The maximum absolute atomic E-state index is 12.1. The Bertz CT molecular complexity index is 922. The Morgan fingerprint density at radius 3 is 2.62 bits per heavy atom. The average Bonchev–Trinajstić information content (AvgIpc) is 2.84. The molecule has 1 saturated heterocycles. The minimum absolute atomic E-state index is 0.0598. The van der Waals surface area contributed by atoms with Crippen molar-refractivity contribution in [2.24, 2.45) is 0 Å². The molecule has 6 nitrogen and oxygen atoms in total. The van der Waals surface area contributed by atoms with Crippen molar-refractivity contribution in [2.75, 3.05) is 48.3 Å². The van der Waals surface area contributed by atoms with Crippen LogP contribution in [0.3, 0.4) is 0 Å². The third-order valence-electron chi connectivity index (χ3n) is 6.10. The lowest BCUT2D eigenvalue weighted by molar-refractivity contribution is -0.118. The van der Waals surface area contributed by atoms with Gasteiger partial charge in [-0.15, -0.1) is 10.2 Å². The fourth-order valence-electron chi connectivity index (χ4n) is 4.26. The molecule has 1 aromatic carbocycles. The van der Waals surface area contributed by atoms with Crippen LogP contribution >= 0.6 is 11.8 Å². The maximum atomic E-state index is 12.1. The molecule has 0 saturated carbocycles. The van der Waals surface area contributed by atoms with Crippen LogP contribution in [0.1, 0.15) is 37.7 Å². The van der Waals surface area contributed by atoms with Gasteiger partial charge in [0.15, 0.2) is 5.82 Å². The van der Waals surface area contributed by atoms with Gasteiger partial charge in [-0.3, -0.25) is 4.79 Å². The van der Waals surface area contributed by atoms with Crippen LogP contribution in [0.4, 0.5) is 11.5 Å². The number of allylic oxidation sites excluding steroid dienone is 1. The van der Waals surface area contributed by atoms with Crippen LogP contribution in [0.25, 0.3) is 0 Å². The van der Waals surface area contributed by atoms with E-state index in [1.807, 2.05) is 12.1 Å². The summed E-state index contributed by atoms with van der Waals surface area (Å²) in [5.74, 6) is 1.34. The second-order valence-electron chi connectivity index (χ2n) is 8.54. The molecule has 0 spiro atoms. The molecular formula is C25H33N5OS. The number of aromatic nitrogens is 2. The molecule has 7 heteroatoms. The zero-order valence-electron chi connectivity index (χ0n) is 18.9. The number of piperazine rings is 1. The van der Waals surface area contributed by atoms with Gasteiger partial charge in [-0.1, -0.05) is 35.5 Å². The van der Waals surface area contributed by atoms with Crippen LogP contribution < -0.4 is 15.1 Å². The van der Waals surface area contributed by atoms with E-state index in [0.717, 1.165) is 50.0 Å². The molecule has 0 radical (unpaired) electrons. The van der Waals surface area contributed by atoms with Crippen molar-refractivity contribution in [3.05, 3.63) is 53.6 Å². The van der Waals surface area contributed by atoms with Crippen LogP contribution in [-0.2, 0) is 4.79 Å². The Morgan fingerprint density at radius 2 is 1.91 bits per heavy atom. The van der Waals surface area contributed by atoms with Crippen molar-refractivity contribution < 1.29 is 4.79 Å². The lowest BCUT2D eigenvalue weighted by Gasteiger charge is -2.36. The van der Waals surface area contributed by atoms with Crippen LogP contribution in [0.5, 0.6) is 0 Å². The van der Waals surface area contributed by atoms with Crippen LogP contribution in [0.2, 0.25) is 0 Å². The van der Waals surface area contributed by atoms with Gasteiger partial charge in [-0.05, 0) is 68.9 Å². The first-order valence-electron chi connectivity index (χ1n) is 11.6. The second kappa shape index (κ2) is 11.4. The molecule has 32 heavy (non-hydrogen) atoms. The number of anilines is 2. The topological polar surface area (TPSA) is 61.4 Å². The molecule has 0 unspecified atom stereocenters. The van der Waals surface area contributed by atoms with Gasteiger partial charge >= 0.3 is 0 Å². The minimum Gasteiger partial charge on any atom is -0.368 e. The van der Waals surface area contributed by atoms with Crippen LogP contribution in [0.15, 0.2) is 53.1 Å². The highest BCUT2D eigenvalue weighted by Crippen LogP contribution is 2.22. The molecule has 2 heterocycles. The molecule has 1 aromatic heterocycles. The van der Waals surface area contributed by atoms with E-state index in [1.54, 1.807) is 0 Å². The summed E-state index contributed by atoms with van der Waals surface area (Å²) in [7, 11) is 0. The molecule has 4 rings (SSSR count). The first-order chi connectivity index (χ1) is 15.7. The van der Waals surface area contributed by atoms with E-state index in [2.05, 4.69) is 62.6 Å². The van der Waals surface area contributed by atoms with E-state index in [-0.39, 0.29) is 5.91 Å². The van der Waals surface area contributed by atoms with Gasteiger partial charge in [0, 0.05) is 38.4 Å². The number of aryl methyl sites for hydroxylation is 1. The van der Waals surface area contributed by atoms with Crippen molar-refractivity contribution in [1.82, 2.24) is 15.5 Å². The molecular weight excluding hydrogens is 418 g/mol.